The zero-order valence-electron chi connectivity index (χ0n) is 7.02. The van der Waals surface area contributed by atoms with Gasteiger partial charge in [-0.15, -0.1) is 0 Å². The number of carbonyl (C=O) groups is 1. The summed E-state index contributed by atoms with van der Waals surface area (Å²) in [5.41, 5.74) is -0.486. The van der Waals surface area contributed by atoms with Crippen LogP contribution in [0.3, 0.4) is 0 Å². The fourth-order valence-corrected chi connectivity index (χ4v) is 1.22. The summed E-state index contributed by atoms with van der Waals surface area (Å²) in [7, 11) is 0. The number of hydrogen-bond acceptors (Lipinski definition) is 2. The fourth-order valence-electron chi connectivity index (χ4n) is 0.941. The van der Waals surface area contributed by atoms with Gasteiger partial charge in [-0.3, -0.25) is 4.79 Å². The van der Waals surface area contributed by atoms with Gasteiger partial charge < -0.3 is 0 Å². The standard InChI is InChI=1S/C8H5Cl2F2NO/c1-3-6(9)4(8(11)12)2-5(13-3)7(10)14/h2,8H,1H3. The molecule has 0 fully saturated rings. The van der Waals surface area contributed by atoms with Gasteiger partial charge in [-0.05, 0) is 24.6 Å². The molecule has 1 aromatic heterocycles. The predicted octanol–water partition coefficient (Wildman–Crippen LogP) is 3.36. The van der Waals surface area contributed by atoms with Crippen molar-refractivity contribution in [1.82, 2.24) is 4.98 Å². The molecule has 0 aromatic carbocycles. The molecule has 0 saturated heterocycles. The second-order valence-electron chi connectivity index (χ2n) is 2.57. The van der Waals surface area contributed by atoms with Gasteiger partial charge in [0.25, 0.3) is 11.7 Å². The highest BCUT2D eigenvalue weighted by molar-refractivity contribution is 6.67. The van der Waals surface area contributed by atoms with Gasteiger partial charge in [0.05, 0.1) is 10.7 Å². The number of aryl methyl sites for hydroxylation is 1. The van der Waals surface area contributed by atoms with Crippen LogP contribution in [0, 0.1) is 6.92 Å². The van der Waals surface area contributed by atoms with Crippen molar-refractivity contribution in [3.05, 3.63) is 28.0 Å². The van der Waals surface area contributed by atoms with E-state index in [1.165, 1.54) is 6.92 Å². The number of rotatable bonds is 2. The minimum absolute atomic E-state index is 0.137. The van der Waals surface area contributed by atoms with Crippen molar-refractivity contribution in [2.45, 2.75) is 13.3 Å². The summed E-state index contributed by atoms with van der Waals surface area (Å²) in [4.78, 5) is 14.4. The lowest BCUT2D eigenvalue weighted by Gasteiger charge is -2.06. The van der Waals surface area contributed by atoms with E-state index in [2.05, 4.69) is 4.98 Å². The van der Waals surface area contributed by atoms with Gasteiger partial charge in [-0.1, -0.05) is 11.6 Å². The molecule has 0 spiro atoms. The summed E-state index contributed by atoms with van der Waals surface area (Å²) < 4.78 is 24.8. The van der Waals surface area contributed by atoms with E-state index in [1.54, 1.807) is 0 Å². The molecule has 0 aliphatic rings. The molecule has 0 N–H and O–H groups in total. The average Bonchev–Trinajstić information content (AvgIpc) is 2.08. The summed E-state index contributed by atoms with van der Waals surface area (Å²) in [5.74, 6) is 0. The smallest absolute Gasteiger partial charge is 0.270 e. The Kier molecular flexibility index (Phi) is 3.39. The zero-order valence-corrected chi connectivity index (χ0v) is 8.53. The Balaban J connectivity index is 3.35. The van der Waals surface area contributed by atoms with Crippen LogP contribution in [0.25, 0.3) is 0 Å². The molecule has 1 aromatic rings. The van der Waals surface area contributed by atoms with Crippen molar-refractivity contribution >= 4 is 28.4 Å². The van der Waals surface area contributed by atoms with Crippen LogP contribution in [0.1, 0.15) is 28.2 Å². The Bertz CT molecular complexity index is 382. The molecule has 6 heteroatoms. The lowest BCUT2D eigenvalue weighted by Crippen LogP contribution is -2.00. The minimum atomic E-state index is -2.75. The van der Waals surface area contributed by atoms with E-state index >= 15 is 0 Å². The van der Waals surface area contributed by atoms with Crippen molar-refractivity contribution in [3.63, 3.8) is 0 Å². The first-order valence-corrected chi connectivity index (χ1v) is 4.34. The number of halogens is 4. The van der Waals surface area contributed by atoms with E-state index in [0.717, 1.165) is 6.07 Å². The minimum Gasteiger partial charge on any atom is -0.274 e. The van der Waals surface area contributed by atoms with Gasteiger partial charge in [-0.2, -0.15) is 0 Å². The third kappa shape index (κ3) is 2.19. The third-order valence-electron chi connectivity index (χ3n) is 1.59. The van der Waals surface area contributed by atoms with E-state index in [-0.39, 0.29) is 16.4 Å². The molecule has 1 rings (SSSR count). The molecule has 0 aliphatic heterocycles. The van der Waals surface area contributed by atoms with Crippen LogP contribution < -0.4 is 0 Å². The van der Waals surface area contributed by atoms with Crippen molar-refractivity contribution in [1.29, 1.82) is 0 Å². The molecular formula is C8H5Cl2F2NO. The maximum absolute atomic E-state index is 12.4. The second-order valence-corrected chi connectivity index (χ2v) is 3.29. The van der Waals surface area contributed by atoms with Crippen molar-refractivity contribution in [3.8, 4) is 0 Å². The largest absolute Gasteiger partial charge is 0.274 e. The first kappa shape index (κ1) is 11.3. The SMILES string of the molecule is Cc1nc(C(=O)Cl)cc(C(F)F)c1Cl. The number of nitrogens with zero attached hydrogens (tertiary/aromatic N) is 1. The number of alkyl halides is 2. The number of pyridine rings is 1. The highest BCUT2D eigenvalue weighted by Crippen LogP contribution is 2.29. The number of aromatic nitrogens is 1. The first-order chi connectivity index (χ1) is 6.43. The summed E-state index contributed by atoms with van der Waals surface area (Å²) in [6.45, 7) is 1.43. The first-order valence-electron chi connectivity index (χ1n) is 3.58. The van der Waals surface area contributed by atoms with Crippen LogP contribution in [-0.2, 0) is 0 Å². The number of hydrogen-bond donors (Lipinski definition) is 0. The molecule has 76 valence electrons. The maximum atomic E-state index is 12.4. The topological polar surface area (TPSA) is 30.0 Å². The molecule has 1 heterocycles. The molecule has 14 heavy (non-hydrogen) atoms. The zero-order chi connectivity index (χ0) is 10.9. The van der Waals surface area contributed by atoms with Crippen molar-refractivity contribution in [2.24, 2.45) is 0 Å². The van der Waals surface area contributed by atoms with E-state index in [1.807, 2.05) is 0 Å². The molecule has 0 atom stereocenters. The highest BCUT2D eigenvalue weighted by Gasteiger charge is 2.18. The second kappa shape index (κ2) is 4.19. The van der Waals surface area contributed by atoms with Gasteiger partial charge >= 0.3 is 0 Å². The van der Waals surface area contributed by atoms with Gasteiger partial charge in [0.15, 0.2) is 0 Å². The Hall–Kier alpha value is -0.740. The van der Waals surface area contributed by atoms with E-state index < -0.39 is 17.2 Å². The normalized spacial score (nSPS) is 10.7. The van der Waals surface area contributed by atoms with Gasteiger partial charge in [0.1, 0.15) is 5.69 Å². The van der Waals surface area contributed by atoms with Crippen molar-refractivity contribution in [2.75, 3.05) is 0 Å². The Morgan fingerprint density at radius 3 is 2.57 bits per heavy atom. The van der Waals surface area contributed by atoms with Crippen LogP contribution in [0.4, 0.5) is 8.78 Å². The highest BCUT2D eigenvalue weighted by atomic mass is 35.5. The van der Waals surface area contributed by atoms with Crippen LogP contribution in [-0.4, -0.2) is 10.2 Å². The maximum Gasteiger partial charge on any atom is 0.270 e. The third-order valence-corrected chi connectivity index (χ3v) is 2.27. The molecule has 0 unspecified atom stereocenters. The number of carbonyl (C=O) groups excluding carboxylic acids is 1. The molecule has 0 bridgehead atoms. The van der Waals surface area contributed by atoms with Crippen molar-refractivity contribution < 1.29 is 13.6 Å². The van der Waals surface area contributed by atoms with Crippen LogP contribution in [0.2, 0.25) is 5.02 Å². The predicted molar refractivity (Wildman–Crippen MR) is 49.1 cm³/mol. The monoisotopic (exact) mass is 239 g/mol. The van der Waals surface area contributed by atoms with E-state index in [0.29, 0.717) is 0 Å². The molecule has 0 amide bonds. The molecule has 0 aliphatic carbocycles. The Morgan fingerprint density at radius 1 is 1.57 bits per heavy atom. The lowest BCUT2D eigenvalue weighted by atomic mass is 10.2. The summed E-state index contributed by atoms with van der Waals surface area (Å²) in [5, 5.41) is -1.02. The van der Waals surface area contributed by atoms with Gasteiger partial charge in [0, 0.05) is 5.56 Å². The molecule has 0 radical (unpaired) electrons. The van der Waals surface area contributed by atoms with Crippen LogP contribution in [0.15, 0.2) is 6.07 Å². The van der Waals surface area contributed by atoms with Crippen LogP contribution in [0.5, 0.6) is 0 Å². The van der Waals surface area contributed by atoms with Crippen LogP contribution >= 0.6 is 23.2 Å². The molecule has 2 nitrogen and oxygen atoms in total. The molecule has 0 saturated carbocycles. The quantitative estimate of drug-likeness (QED) is 0.742. The summed E-state index contributed by atoms with van der Waals surface area (Å²) >= 11 is 10.7. The van der Waals surface area contributed by atoms with Gasteiger partial charge in [-0.25, -0.2) is 13.8 Å². The van der Waals surface area contributed by atoms with Gasteiger partial charge in [0.2, 0.25) is 0 Å². The molecular weight excluding hydrogens is 235 g/mol. The van der Waals surface area contributed by atoms with E-state index in [4.69, 9.17) is 23.2 Å². The Morgan fingerprint density at radius 2 is 2.14 bits per heavy atom. The van der Waals surface area contributed by atoms with E-state index in [9.17, 15) is 13.6 Å². The fraction of sp³-hybridized carbons (Fsp3) is 0.250. The summed E-state index contributed by atoms with van der Waals surface area (Å²) in [6.07, 6.45) is -2.75. The lowest BCUT2D eigenvalue weighted by molar-refractivity contribution is 0.107. The Labute approximate surface area is 88.8 Å². The summed E-state index contributed by atoms with van der Waals surface area (Å²) in [6, 6.07) is 0.898. The average molecular weight is 240 g/mol.